The third kappa shape index (κ3) is 4.29. The van der Waals surface area contributed by atoms with Gasteiger partial charge in [0.25, 0.3) is 0 Å². The minimum Gasteiger partial charge on any atom is -0.497 e. The Hall–Kier alpha value is -3.62. The van der Waals surface area contributed by atoms with Crippen LogP contribution in [-0.2, 0) is 0 Å². The molecular weight excluding hydrogens is 370 g/mol. The zero-order chi connectivity index (χ0) is 20.1. The molecule has 3 aromatic rings. The predicted molar refractivity (Wildman–Crippen MR) is 111 cm³/mol. The zero-order valence-corrected chi connectivity index (χ0v) is 16.4. The second-order valence-electron chi connectivity index (χ2n) is 6.49. The van der Waals surface area contributed by atoms with E-state index in [4.69, 9.17) is 9.47 Å². The molecule has 1 aliphatic heterocycles. The van der Waals surface area contributed by atoms with Gasteiger partial charge in [0.15, 0.2) is 5.82 Å². The third-order valence-corrected chi connectivity index (χ3v) is 4.75. The van der Waals surface area contributed by atoms with Crippen molar-refractivity contribution in [2.75, 3.05) is 55.5 Å². The van der Waals surface area contributed by atoms with Crippen LogP contribution in [0, 0.1) is 0 Å². The first-order valence-corrected chi connectivity index (χ1v) is 9.36. The van der Waals surface area contributed by atoms with Crippen LogP contribution in [0.1, 0.15) is 0 Å². The first-order chi connectivity index (χ1) is 14.3. The molecule has 1 fully saturated rings. The smallest absolute Gasteiger partial charge is 0.247 e. The number of anilines is 4. The predicted octanol–water partition coefficient (Wildman–Crippen LogP) is 2.35. The summed E-state index contributed by atoms with van der Waals surface area (Å²) in [5.41, 5.74) is 0.748. The number of hydrogen-bond acceptors (Lipinski definition) is 9. The maximum absolute atomic E-state index is 5.41. The molecule has 1 saturated heterocycles. The van der Waals surface area contributed by atoms with Crippen LogP contribution >= 0.6 is 0 Å². The van der Waals surface area contributed by atoms with Crippen molar-refractivity contribution in [2.24, 2.45) is 0 Å². The molecule has 2 aromatic heterocycles. The van der Waals surface area contributed by atoms with Gasteiger partial charge in [0.05, 0.1) is 26.1 Å². The molecule has 0 radical (unpaired) electrons. The first kappa shape index (κ1) is 18.7. The molecule has 3 heterocycles. The standard InChI is InChI=1S/C20H23N7O2/c1-28-15-6-7-17(29-2)16(13-15)23-18-14-22-25-20(24-18)27-11-9-26(10-12-27)19-5-3-4-8-21-19/h3-8,13-14H,9-12H2,1-2H3,(H,23,24,25). The summed E-state index contributed by atoms with van der Waals surface area (Å²) in [7, 11) is 3.25. The second kappa shape index (κ2) is 8.59. The lowest BCUT2D eigenvalue weighted by Gasteiger charge is -2.35. The topological polar surface area (TPSA) is 88.5 Å². The molecule has 9 heteroatoms. The molecule has 0 spiro atoms. The molecule has 1 aromatic carbocycles. The quantitative estimate of drug-likeness (QED) is 0.678. The van der Waals surface area contributed by atoms with Crippen LogP contribution < -0.4 is 24.6 Å². The van der Waals surface area contributed by atoms with Crippen LogP contribution in [0.2, 0.25) is 0 Å². The van der Waals surface area contributed by atoms with Gasteiger partial charge in [-0.15, -0.1) is 5.10 Å². The van der Waals surface area contributed by atoms with Crippen LogP contribution in [0.4, 0.5) is 23.3 Å². The van der Waals surface area contributed by atoms with Crippen LogP contribution in [0.15, 0.2) is 48.8 Å². The van der Waals surface area contributed by atoms with Gasteiger partial charge in [-0.3, -0.25) is 0 Å². The molecule has 4 rings (SSSR count). The van der Waals surface area contributed by atoms with Crippen LogP contribution in [-0.4, -0.2) is 60.6 Å². The van der Waals surface area contributed by atoms with E-state index in [2.05, 4.69) is 35.3 Å². The van der Waals surface area contributed by atoms with Gasteiger partial charge >= 0.3 is 0 Å². The van der Waals surface area contributed by atoms with Crippen LogP contribution in [0.25, 0.3) is 0 Å². The highest BCUT2D eigenvalue weighted by molar-refractivity contribution is 5.66. The molecule has 150 valence electrons. The van der Waals surface area contributed by atoms with Gasteiger partial charge in [0.1, 0.15) is 17.3 Å². The van der Waals surface area contributed by atoms with Crippen molar-refractivity contribution >= 4 is 23.3 Å². The summed E-state index contributed by atoms with van der Waals surface area (Å²) in [4.78, 5) is 13.4. The van der Waals surface area contributed by atoms with Gasteiger partial charge in [-0.2, -0.15) is 10.1 Å². The lowest BCUT2D eigenvalue weighted by molar-refractivity contribution is 0.405. The van der Waals surface area contributed by atoms with Crippen molar-refractivity contribution in [3.8, 4) is 11.5 Å². The molecule has 0 aliphatic carbocycles. The minimum absolute atomic E-state index is 0.591. The van der Waals surface area contributed by atoms with E-state index in [0.29, 0.717) is 17.5 Å². The average molecular weight is 393 g/mol. The average Bonchev–Trinajstić information content (AvgIpc) is 2.80. The summed E-state index contributed by atoms with van der Waals surface area (Å²) in [6.07, 6.45) is 3.41. The molecule has 0 unspecified atom stereocenters. The Labute approximate surface area is 169 Å². The summed E-state index contributed by atoms with van der Waals surface area (Å²) in [6, 6.07) is 11.5. The third-order valence-electron chi connectivity index (χ3n) is 4.75. The molecular formula is C20H23N7O2. The number of hydrogen-bond donors (Lipinski definition) is 1. The van der Waals surface area contributed by atoms with E-state index in [-0.39, 0.29) is 0 Å². The Morgan fingerprint density at radius 1 is 0.966 bits per heavy atom. The molecule has 1 N–H and O–H groups in total. The molecule has 0 atom stereocenters. The van der Waals surface area contributed by atoms with Crippen molar-refractivity contribution in [1.82, 2.24) is 20.2 Å². The van der Waals surface area contributed by atoms with Crippen LogP contribution in [0.5, 0.6) is 11.5 Å². The fraction of sp³-hybridized carbons (Fsp3) is 0.300. The highest BCUT2D eigenvalue weighted by atomic mass is 16.5. The lowest BCUT2D eigenvalue weighted by atomic mass is 10.2. The van der Waals surface area contributed by atoms with Crippen molar-refractivity contribution in [3.63, 3.8) is 0 Å². The number of nitrogens with one attached hydrogen (secondary N) is 1. The fourth-order valence-corrected chi connectivity index (χ4v) is 3.21. The number of benzene rings is 1. The van der Waals surface area contributed by atoms with E-state index in [9.17, 15) is 0 Å². The number of pyridine rings is 1. The van der Waals surface area contributed by atoms with Crippen molar-refractivity contribution in [1.29, 1.82) is 0 Å². The molecule has 0 bridgehead atoms. The number of ether oxygens (including phenoxy) is 2. The normalized spacial score (nSPS) is 13.9. The van der Waals surface area contributed by atoms with Crippen molar-refractivity contribution in [3.05, 3.63) is 48.8 Å². The highest BCUT2D eigenvalue weighted by Gasteiger charge is 2.20. The summed E-state index contributed by atoms with van der Waals surface area (Å²) in [6.45, 7) is 3.29. The van der Waals surface area contributed by atoms with Gasteiger partial charge in [-0.25, -0.2) is 4.98 Å². The summed E-state index contributed by atoms with van der Waals surface area (Å²) in [5.74, 6) is 3.59. The Kier molecular flexibility index (Phi) is 5.55. The summed E-state index contributed by atoms with van der Waals surface area (Å²) >= 11 is 0. The maximum Gasteiger partial charge on any atom is 0.247 e. The number of aromatic nitrogens is 4. The van der Waals surface area contributed by atoms with E-state index >= 15 is 0 Å². The highest BCUT2D eigenvalue weighted by Crippen LogP contribution is 2.31. The minimum atomic E-state index is 0.591. The maximum atomic E-state index is 5.41. The van der Waals surface area contributed by atoms with Gasteiger partial charge < -0.3 is 24.6 Å². The molecule has 1 aliphatic rings. The molecule has 9 nitrogen and oxygen atoms in total. The second-order valence-corrected chi connectivity index (χ2v) is 6.49. The van der Waals surface area contributed by atoms with E-state index < -0.39 is 0 Å². The molecule has 0 saturated carbocycles. The monoisotopic (exact) mass is 393 g/mol. The fourth-order valence-electron chi connectivity index (χ4n) is 3.21. The Morgan fingerprint density at radius 2 is 1.79 bits per heavy atom. The van der Waals surface area contributed by atoms with Crippen molar-refractivity contribution in [2.45, 2.75) is 0 Å². The van der Waals surface area contributed by atoms with Gasteiger partial charge in [-0.05, 0) is 24.3 Å². The van der Waals surface area contributed by atoms with E-state index in [1.807, 2.05) is 42.6 Å². The SMILES string of the molecule is COc1ccc(OC)c(Nc2cnnc(N3CCN(c4ccccn4)CC3)n2)c1. The Balaban J connectivity index is 1.46. The Morgan fingerprint density at radius 3 is 2.52 bits per heavy atom. The van der Waals surface area contributed by atoms with Gasteiger partial charge in [0, 0.05) is 38.4 Å². The van der Waals surface area contributed by atoms with Crippen molar-refractivity contribution < 1.29 is 9.47 Å². The summed E-state index contributed by atoms with van der Waals surface area (Å²) in [5, 5.41) is 11.6. The number of nitrogens with zero attached hydrogens (tertiary/aromatic N) is 6. The number of methoxy groups -OCH3 is 2. The zero-order valence-electron chi connectivity index (χ0n) is 16.4. The van der Waals surface area contributed by atoms with E-state index in [1.54, 1.807) is 20.4 Å². The van der Waals surface area contributed by atoms with Gasteiger partial charge in [0.2, 0.25) is 5.95 Å². The number of piperazine rings is 1. The van der Waals surface area contributed by atoms with Crippen LogP contribution in [0.3, 0.4) is 0 Å². The number of rotatable bonds is 6. The van der Waals surface area contributed by atoms with E-state index in [0.717, 1.165) is 43.4 Å². The van der Waals surface area contributed by atoms with Gasteiger partial charge in [-0.1, -0.05) is 6.07 Å². The lowest BCUT2D eigenvalue weighted by Crippen LogP contribution is -2.47. The molecule has 0 amide bonds. The largest absolute Gasteiger partial charge is 0.497 e. The summed E-state index contributed by atoms with van der Waals surface area (Å²) < 4.78 is 10.7. The molecule has 29 heavy (non-hydrogen) atoms. The van der Waals surface area contributed by atoms with E-state index in [1.165, 1.54) is 0 Å². The Bertz CT molecular complexity index is 947. The first-order valence-electron chi connectivity index (χ1n) is 9.36.